The van der Waals surface area contributed by atoms with Gasteiger partial charge in [-0.15, -0.1) is 11.3 Å². The number of sulfonamides is 1. The van der Waals surface area contributed by atoms with Crippen LogP contribution in [0.3, 0.4) is 0 Å². The van der Waals surface area contributed by atoms with E-state index in [0.717, 1.165) is 17.9 Å². The predicted molar refractivity (Wildman–Crippen MR) is 74.0 cm³/mol. The molecule has 1 heterocycles. The number of likely N-dealkylation sites (N-methyl/N-ethyl adjacent to an activating group) is 1. The number of hydrogen-bond donors (Lipinski definition) is 2. The third-order valence-corrected chi connectivity index (χ3v) is 5.59. The summed E-state index contributed by atoms with van der Waals surface area (Å²) in [4.78, 5) is 13.1. The minimum atomic E-state index is -3.53. The second-order valence-corrected chi connectivity index (χ2v) is 7.25. The molecule has 0 atom stereocenters. The van der Waals surface area contributed by atoms with Gasteiger partial charge in [-0.2, -0.15) is 0 Å². The second-order valence-electron chi connectivity index (χ2n) is 4.08. The number of thiophene rings is 1. The molecule has 0 fully saturated rings. The maximum atomic E-state index is 11.9. The number of hydrogen-bond acceptors (Lipinski definition) is 5. The molecule has 6 nitrogen and oxygen atoms in total. The van der Waals surface area contributed by atoms with E-state index in [2.05, 4.69) is 4.72 Å². The van der Waals surface area contributed by atoms with Crippen LogP contribution in [0.2, 0.25) is 0 Å². The van der Waals surface area contributed by atoms with Crippen LogP contribution in [0.15, 0.2) is 16.3 Å². The summed E-state index contributed by atoms with van der Waals surface area (Å²) in [6.07, 6.45) is -0.154. The zero-order chi connectivity index (χ0) is 14.5. The van der Waals surface area contributed by atoms with Gasteiger partial charge in [0.05, 0.1) is 6.42 Å². The lowest BCUT2D eigenvalue weighted by Gasteiger charge is -2.13. The van der Waals surface area contributed by atoms with E-state index in [1.54, 1.807) is 0 Å². The number of rotatable bonds is 8. The summed E-state index contributed by atoms with van der Waals surface area (Å²) in [7, 11) is -1.62. The lowest BCUT2D eigenvalue weighted by molar-refractivity contribution is -0.136. The van der Waals surface area contributed by atoms with E-state index < -0.39 is 16.0 Å². The number of carboxylic acids is 1. The van der Waals surface area contributed by atoms with Crippen LogP contribution in [0, 0.1) is 0 Å². The Morgan fingerprint density at radius 1 is 1.47 bits per heavy atom. The molecule has 2 N–H and O–H groups in total. The van der Waals surface area contributed by atoms with Crippen LogP contribution in [-0.4, -0.2) is 51.1 Å². The first-order valence-corrected chi connectivity index (χ1v) is 8.14. The molecule has 0 aliphatic carbocycles. The van der Waals surface area contributed by atoms with Crippen LogP contribution in [-0.2, 0) is 21.2 Å². The third kappa shape index (κ3) is 5.27. The Bertz CT molecular complexity index is 525. The summed E-state index contributed by atoms with van der Waals surface area (Å²) in [5, 5.41) is 8.64. The molecule has 108 valence electrons. The molecule has 0 saturated heterocycles. The first-order valence-electron chi connectivity index (χ1n) is 5.84. The first-order chi connectivity index (χ1) is 8.85. The van der Waals surface area contributed by atoms with Crippen LogP contribution >= 0.6 is 11.3 Å². The fourth-order valence-corrected chi connectivity index (χ4v) is 3.76. The van der Waals surface area contributed by atoms with E-state index in [1.807, 2.05) is 18.9 Å². The summed E-state index contributed by atoms with van der Waals surface area (Å²) in [5.74, 6) is -0.969. The molecule has 0 aromatic carbocycles. The molecular formula is C11H18N2O4S2. The highest BCUT2D eigenvalue weighted by molar-refractivity contribution is 7.91. The Balaban J connectivity index is 2.62. The van der Waals surface area contributed by atoms with Crippen molar-refractivity contribution in [3.8, 4) is 0 Å². The van der Waals surface area contributed by atoms with Crippen LogP contribution in [0.25, 0.3) is 0 Å². The van der Waals surface area contributed by atoms with Crippen molar-refractivity contribution in [2.75, 3.05) is 26.7 Å². The van der Waals surface area contributed by atoms with E-state index in [4.69, 9.17) is 5.11 Å². The van der Waals surface area contributed by atoms with E-state index in [-0.39, 0.29) is 10.6 Å². The smallest absolute Gasteiger partial charge is 0.308 e. The standard InChI is InChI=1S/C11H18N2O4S2/c1-3-13(2)7-6-12-19(16,17)11-5-4-9(18-11)8-10(14)15/h4-5,12H,3,6-8H2,1-2H3,(H,14,15). The largest absolute Gasteiger partial charge is 0.481 e. The molecular weight excluding hydrogens is 288 g/mol. The summed E-state index contributed by atoms with van der Waals surface area (Å²) in [6.45, 7) is 3.80. The van der Waals surface area contributed by atoms with Gasteiger partial charge in [-0.05, 0) is 25.7 Å². The highest BCUT2D eigenvalue weighted by atomic mass is 32.2. The molecule has 0 aliphatic heterocycles. The van der Waals surface area contributed by atoms with Crippen LogP contribution in [0.5, 0.6) is 0 Å². The van der Waals surface area contributed by atoms with E-state index in [1.165, 1.54) is 12.1 Å². The molecule has 0 spiro atoms. The molecule has 19 heavy (non-hydrogen) atoms. The van der Waals surface area contributed by atoms with Gasteiger partial charge in [0.2, 0.25) is 10.0 Å². The van der Waals surface area contributed by atoms with Gasteiger partial charge in [-0.3, -0.25) is 4.79 Å². The van der Waals surface area contributed by atoms with Crippen LogP contribution < -0.4 is 4.72 Å². The fraction of sp³-hybridized carbons (Fsp3) is 0.545. The van der Waals surface area contributed by atoms with Crippen molar-refractivity contribution in [1.29, 1.82) is 0 Å². The van der Waals surface area contributed by atoms with Gasteiger partial charge in [-0.25, -0.2) is 13.1 Å². The zero-order valence-corrected chi connectivity index (χ0v) is 12.6. The predicted octanol–water partition coefficient (Wildman–Crippen LogP) is 0.605. The van der Waals surface area contributed by atoms with Crippen molar-refractivity contribution >= 4 is 27.3 Å². The molecule has 8 heteroatoms. The summed E-state index contributed by atoms with van der Waals surface area (Å²) in [6, 6.07) is 2.97. The van der Waals surface area contributed by atoms with Crippen molar-refractivity contribution < 1.29 is 18.3 Å². The van der Waals surface area contributed by atoms with E-state index >= 15 is 0 Å². The highest BCUT2D eigenvalue weighted by Gasteiger charge is 2.17. The van der Waals surface area contributed by atoms with Gasteiger partial charge in [-0.1, -0.05) is 6.92 Å². The van der Waals surface area contributed by atoms with E-state index in [0.29, 0.717) is 18.0 Å². The Kier molecular flexibility index (Phi) is 5.92. The molecule has 0 aliphatic rings. The van der Waals surface area contributed by atoms with Gasteiger partial charge in [0.15, 0.2) is 0 Å². The summed E-state index contributed by atoms with van der Waals surface area (Å²) in [5.41, 5.74) is 0. The SMILES string of the molecule is CCN(C)CCNS(=O)(=O)c1ccc(CC(=O)O)s1. The zero-order valence-electron chi connectivity index (χ0n) is 10.9. The van der Waals surface area contributed by atoms with Gasteiger partial charge in [0.25, 0.3) is 0 Å². The molecule has 0 unspecified atom stereocenters. The molecule has 1 aromatic heterocycles. The number of aliphatic carboxylic acids is 1. The molecule has 1 aromatic rings. The second kappa shape index (κ2) is 6.99. The Hall–Kier alpha value is -0.960. The summed E-state index contributed by atoms with van der Waals surface area (Å²) >= 11 is 0.988. The van der Waals surface area contributed by atoms with Crippen molar-refractivity contribution in [2.45, 2.75) is 17.6 Å². The number of nitrogens with zero attached hydrogens (tertiary/aromatic N) is 1. The van der Waals surface area contributed by atoms with Gasteiger partial charge in [0, 0.05) is 18.0 Å². The first kappa shape index (κ1) is 16.1. The average molecular weight is 306 g/mol. The molecule has 0 amide bonds. The maximum absolute atomic E-state index is 11.9. The van der Waals surface area contributed by atoms with Crippen molar-refractivity contribution in [1.82, 2.24) is 9.62 Å². The lowest BCUT2D eigenvalue weighted by atomic mass is 10.3. The minimum absolute atomic E-state index is 0.154. The summed E-state index contributed by atoms with van der Waals surface area (Å²) < 4.78 is 26.5. The van der Waals surface area contributed by atoms with Gasteiger partial charge >= 0.3 is 5.97 Å². The average Bonchev–Trinajstić information content (AvgIpc) is 2.76. The monoisotopic (exact) mass is 306 g/mol. The fourth-order valence-electron chi connectivity index (χ4n) is 1.35. The molecule has 1 rings (SSSR count). The van der Waals surface area contributed by atoms with E-state index in [9.17, 15) is 13.2 Å². The van der Waals surface area contributed by atoms with Crippen LogP contribution in [0.1, 0.15) is 11.8 Å². The third-order valence-electron chi connectivity index (χ3n) is 2.55. The molecule has 0 radical (unpaired) electrons. The Labute approximate surface area is 117 Å². The normalized spacial score (nSPS) is 11.9. The van der Waals surface area contributed by atoms with Crippen molar-refractivity contribution in [3.63, 3.8) is 0 Å². The van der Waals surface area contributed by atoms with Crippen molar-refractivity contribution in [3.05, 3.63) is 17.0 Å². The quantitative estimate of drug-likeness (QED) is 0.734. The van der Waals surface area contributed by atoms with Crippen molar-refractivity contribution in [2.24, 2.45) is 0 Å². The molecule has 0 bridgehead atoms. The van der Waals surface area contributed by atoms with Crippen LogP contribution in [0.4, 0.5) is 0 Å². The minimum Gasteiger partial charge on any atom is -0.481 e. The highest BCUT2D eigenvalue weighted by Crippen LogP contribution is 2.21. The molecule has 0 saturated carbocycles. The topological polar surface area (TPSA) is 86.7 Å². The number of carbonyl (C=O) groups is 1. The van der Waals surface area contributed by atoms with Gasteiger partial charge < -0.3 is 10.0 Å². The Morgan fingerprint density at radius 2 is 2.16 bits per heavy atom. The number of carboxylic acid groups (broad SMARTS) is 1. The number of nitrogens with one attached hydrogen (secondary N) is 1. The lowest BCUT2D eigenvalue weighted by Crippen LogP contribution is -2.32. The maximum Gasteiger partial charge on any atom is 0.308 e. The Morgan fingerprint density at radius 3 is 2.74 bits per heavy atom. The van der Waals surface area contributed by atoms with Gasteiger partial charge in [0.1, 0.15) is 4.21 Å².